The molecule has 5 nitrogen and oxygen atoms in total. The van der Waals surface area contributed by atoms with Crippen LogP contribution in [-0.2, 0) is 4.79 Å². The summed E-state index contributed by atoms with van der Waals surface area (Å²) in [6.07, 6.45) is 0.872. The summed E-state index contributed by atoms with van der Waals surface area (Å²) in [6.45, 7) is 0. The maximum absolute atomic E-state index is 10.2. The van der Waals surface area contributed by atoms with E-state index in [1.54, 1.807) is 0 Å². The number of hydrogen-bond donors (Lipinski definition) is 3. The number of rotatable bonds is 5. The van der Waals surface area contributed by atoms with Crippen molar-refractivity contribution >= 4 is 5.97 Å². The fraction of sp³-hybridized carbons (Fsp3) is 0.833. The summed E-state index contributed by atoms with van der Waals surface area (Å²) in [5, 5.41) is 8.34. The van der Waals surface area contributed by atoms with E-state index in [-0.39, 0.29) is 0 Å². The molecule has 0 saturated heterocycles. The van der Waals surface area contributed by atoms with Crippen LogP contribution < -0.4 is 17.2 Å². The monoisotopic (exact) mass is 160 g/mol. The Hall–Kier alpha value is -0.650. The molecule has 0 fully saturated rings. The minimum Gasteiger partial charge on any atom is -0.480 e. The van der Waals surface area contributed by atoms with E-state index in [2.05, 4.69) is 0 Å². The van der Waals surface area contributed by atoms with Crippen molar-refractivity contribution in [2.24, 2.45) is 11.5 Å². The zero-order valence-electron chi connectivity index (χ0n) is 6.29. The van der Waals surface area contributed by atoms with Crippen LogP contribution in [0.1, 0.15) is 19.3 Å². The Kier molecular flexibility index (Phi) is 4.76. The molecule has 0 aliphatic heterocycles. The Bertz CT molecular complexity index is 127. The first kappa shape index (κ1) is 10.3. The molecule has 0 spiro atoms. The van der Waals surface area contributed by atoms with Gasteiger partial charge < -0.3 is 16.6 Å². The second-order valence-corrected chi connectivity index (χ2v) is 2.48. The minimum atomic E-state index is -0.997. The first-order chi connectivity index (χ1) is 5.04. The van der Waals surface area contributed by atoms with Crippen molar-refractivity contribution in [3.63, 3.8) is 0 Å². The van der Waals surface area contributed by atoms with Crippen LogP contribution in [-0.4, -0.2) is 23.3 Å². The maximum Gasteiger partial charge on any atom is 0.320 e. The molecule has 0 saturated carbocycles. The lowest BCUT2D eigenvalue weighted by Crippen LogP contribution is -2.30. The normalized spacial score (nSPS) is 13.5. The highest BCUT2D eigenvalue weighted by Gasteiger charge is 2.10. The average Bonchev–Trinajstić information content (AvgIpc) is 1.86. The Balaban J connectivity index is 3.31. The van der Waals surface area contributed by atoms with Crippen LogP contribution in [0.4, 0.5) is 0 Å². The van der Waals surface area contributed by atoms with E-state index < -0.39 is 18.2 Å². The highest BCUT2D eigenvalue weighted by Crippen LogP contribution is 1.99. The Morgan fingerprint density at radius 1 is 1.45 bits per heavy atom. The van der Waals surface area contributed by atoms with Crippen molar-refractivity contribution in [1.82, 2.24) is 5.73 Å². The zero-order valence-corrected chi connectivity index (χ0v) is 6.29. The number of carboxylic acids is 1. The van der Waals surface area contributed by atoms with Gasteiger partial charge in [-0.1, -0.05) is 0 Å². The molecule has 0 aliphatic rings. The van der Waals surface area contributed by atoms with Gasteiger partial charge in [0.05, 0.1) is 6.17 Å². The largest absolute Gasteiger partial charge is 0.480 e. The van der Waals surface area contributed by atoms with Gasteiger partial charge in [-0.25, -0.2) is 5.73 Å². The maximum atomic E-state index is 10.2. The van der Waals surface area contributed by atoms with E-state index in [1.165, 1.54) is 0 Å². The van der Waals surface area contributed by atoms with Crippen molar-refractivity contribution in [3.8, 4) is 0 Å². The number of carbonyl (C=O) groups is 1. The van der Waals surface area contributed by atoms with Crippen LogP contribution in [0.25, 0.3) is 0 Å². The molecule has 0 amide bonds. The third-order valence-corrected chi connectivity index (χ3v) is 1.35. The van der Waals surface area contributed by atoms with Crippen LogP contribution in [0.3, 0.4) is 0 Å². The Labute approximate surface area is 65.5 Å². The van der Waals surface area contributed by atoms with Gasteiger partial charge >= 0.3 is 5.97 Å². The summed E-state index contributed by atoms with van der Waals surface area (Å²) >= 11 is 0. The van der Waals surface area contributed by atoms with Crippen LogP contribution >= 0.6 is 0 Å². The van der Waals surface area contributed by atoms with Crippen molar-refractivity contribution < 1.29 is 9.90 Å². The van der Waals surface area contributed by atoms with Crippen molar-refractivity contribution in [1.29, 1.82) is 0 Å². The summed E-state index contributed by atoms with van der Waals surface area (Å²) in [4.78, 5) is 10.2. The Morgan fingerprint density at radius 2 is 2.00 bits per heavy atom. The van der Waals surface area contributed by atoms with Crippen LogP contribution in [0.2, 0.25) is 0 Å². The predicted molar refractivity (Wildman–Crippen MR) is 40.5 cm³/mol. The minimum absolute atomic E-state index is 0.391. The summed E-state index contributed by atoms with van der Waals surface area (Å²) in [5.74, 6) is -0.997. The first-order valence-electron chi connectivity index (χ1n) is 3.49. The molecule has 1 radical (unpaired) electrons. The van der Waals surface area contributed by atoms with E-state index in [9.17, 15) is 4.79 Å². The van der Waals surface area contributed by atoms with Gasteiger partial charge in [0, 0.05) is 0 Å². The van der Waals surface area contributed by atoms with Crippen LogP contribution in [0, 0.1) is 0 Å². The quantitative estimate of drug-likeness (QED) is 0.485. The highest BCUT2D eigenvalue weighted by atomic mass is 16.4. The molecule has 0 aromatic heterocycles. The number of carboxylic acid groups (broad SMARTS) is 1. The molecular weight excluding hydrogens is 146 g/mol. The highest BCUT2D eigenvalue weighted by molar-refractivity contribution is 5.72. The summed E-state index contributed by atoms with van der Waals surface area (Å²) in [7, 11) is 0. The van der Waals surface area contributed by atoms with Gasteiger partial charge in [0.15, 0.2) is 0 Å². The van der Waals surface area contributed by atoms with Gasteiger partial charge in [-0.05, 0) is 19.3 Å². The molecule has 0 bridgehead atoms. The summed E-state index contributed by atoms with van der Waals surface area (Å²) < 4.78 is 0. The first-order valence-corrected chi connectivity index (χ1v) is 3.49. The fourth-order valence-corrected chi connectivity index (χ4v) is 0.681. The molecule has 6 N–H and O–H groups in total. The molecule has 5 heteroatoms. The molecule has 1 unspecified atom stereocenters. The molecule has 65 valence electrons. The van der Waals surface area contributed by atoms with Crippen molar-refractivity contribution in [2.75, 3.05) is 0 Å². The van der Waals surface area contributed by atoms with Gasteiger partial charge in [0.1, 0.15) is 6.04 Å². The molecule has 2 atom stereocenters. The third-order valence-electron chi connectivity index (χ3n) is 1.35. The van der Waals surface area contributed by atoms with Gasteiger partial charge in [0.2, 0.25) is 0 Å². The lowest BCUT2D eigenvalue weighted by atomic mass is 10.1. The Morgan fingerprint density at radius 3 is 2.36 bits per heavy atom. The lowest BCUT2D eigenvalue weighted by molar-refractivity contribution is -0.138. The van der Waals surface area contributed by atoms with Gasteiger partial charge in [-0.2, -0.15) is 0 Å². The van der Waals surface area contributed by atoms with Crippen LogP contribution in [0.5, 0.6) is 0 Å². The number of hydrogen-bond acceptors (Lipinski definition) is 3. The molecule has 0 aliphatic carbocycles. The fourth-order valence-electron chi connectivity index (χ4n) is 0.681. The predicted octanol–water partition coefficient (Wildman–Crippen LogP) is -0.864. The molecular formula is C6H14N3O2. The third kappa shape index (κ3) is 5.78. The van der Waals surface area contributed by atoms with Crippen molar-refractivity contribution in [2.45, 2.75) is 31.5 Å². The van der Waals surface area contributed by atoms with E-state index in [1.807, 2.05) is 0 Å². The van der Waals surface area contributed by atoms with Gasteiger partial charge in [-0.15, -0.1) is 0 Å². The lowest BCUT2D eigenvalue weighted by Gasteiger charge is -2.06. The average molecular weight is 160 g/mol. The van der Waals surface area contributed by atoms with Gasteiger partial charge in [0.25, 0.3) is 0 Å². The molecule has 0 rings (SSSR count). The number of aliphatic carboxylic acids is 1. The molecule has 0 heterocycles. The second kappa shape index (κ2) is 5.06. The second-order valence-electron chi connectivity index (χ2n) is 2.48. The topological polar surface area (TPSA) is 113 Å². The molecule has 11 heavy (non-hydrogen) atoms. The van der Waals surface area contributed by atoms with E-state index in [4.69, 9.17) is 22.3 Å². The summed E-state index contributed by atoms with van der Waals surface area (Å²) in [6, 6.07) is -0.811. The number of nitrogens with two attached hydrogens (primary N) is 2. The van der Waals surface area contributed by atoms with E-state index in [0.29, 0.717) is 19.3 Å². The standard InChI is InChI=1S/C6H14N3O2/c7-4(6(10)11)2-1-3-5(8)9/h4-5,8H,1-3,7,9H2,(H,10,11)/t4-,5?/m0/s1. The van der Waals surface area contributed by atoms with Crippen molar-refractivity contribution in [3.05, 3.63) is 0 Å². The van der Waals surface area contributed by atoms with E-state index in [0.717, 1.165) is 0 Å². The molecule has 0 aromatic carbocycles. The smallest absolute Gasteiger partial charge is 0.320 e. The van der Waals surface area contributed by atoms with Gasteiger partial charge in [-0.3, -0.25) is 4.79 Å². The van der Waals surface area contributed by atoms with Crippen LogP contribution in [0.15, 0.2) is 0 Å². The SMILES string of the molecule is [NH]C(N)CCC[C@H](N)C(=O)O. The number of nitrogens with one attached hydrogen (secondary N) is 1. The summed E-state index contributed by atoms with van der Waals surface area (Å²) in [5.41, 5.74) is 17.3. The molecule has 0 aromatic rings. The van der Waals surface area contributed by atoms with E-state index >= 15 is 0 Å². The zero-order chi connectivity index (χ0) is 8.85.